The standard InChI is InChI=1S/C19H30N4O2S/c1-21-13-16(12-20-21)2-3-18(24)23-9-10-25-19(15-23)5-7-22(8-6-19)17-4-11-26-14-17/h12-13,17H,2-11,14-15H2,1H3. The van der Waals surface area contributed by atoms with Gasteiger partial charge < -0.3 is 9.64 Å². The monoisotopic (exact) mass is 378 g/mol. The van der Waals surface area contributed by atoms with E-state index < -0.39 is 0 Å². The van der Waals surface area contributed by atoms with E-state index in [9.17, 15) is 4.79 Å². The first-order valence-electron chi connectivity index (χ1n) is 9.85. The molecule has 0 radical (unpaired) electrons. The first kappa shape index (κ1) is 18.3. The highest BCUT2D eigenvalue weighted by molar-refractivity contribution is 7.99. The second-order valence-electron chi connectivity index (χ2n) is 7.92. The molecule has 6 nitrogen and oxygen atoms in total. The fraction of sp³-hybridized carbons (Fsp3) is 0.789. The smallest absolute Gasteiger partial charge is 0.223 e. The van der Waals surface area contributed by atoms with Gasteiger partial charge in [-0.2, -0.15) is 16.9 Å². The third kappa shape index (κ3) is 4.10. The average molecular weight is 379 g/mol. The molecular weight excluding hydrogens is 348 g/mol. The predicted octanol–water partition coefficient (Wildman–Crippen LogP) is 1.55. The Hall–Kier alpha value is -1.05. The summed E-state index contributed by atoms with van der Waals surface area (Å²) in [5, 5.41) is 4.18. The molecule has 1 atom stereocenters. The van der Waals surface area contributed by atoms with Crippen LogP contribution in [0.25, 0.3) is 0 Å². The molecule has 1 unspecified atom stereocenters. The molecule has 26 heavy (non-hydrogen) atoms. The zero-order chi connectivity index (χ0) is 18.0. The van der Waals surface area contributed by atoms with Crippen LogP contribution in [-0.2, 0) is 23.0 Å². The van der Waals surface area contributed by atoms with Crippen molar-refractivity contribution in [3.8, 4) is 0 Å². The largest absolute Gasteiger partial charge is 0.371 e. The molecule has 1 spiro atoms. The van der Waals surface area contributed by atoms with Gasteiger partial charge in [-0.05, 0) is 37.0 Å². The zero-order valence-corrected chi connectivity index (χ0v) is 16.5. The van der Waals surface area contributed by atoms with E-state index in [2.05, 4.69) is 21.8 Å². The number of carbonyl (C=O) groups excluding carboxylic acids is 1. The highest BCUT2D eigenvalue weighted by Gasteiger charge is 2.42. The molecule has 144 valence electrons. The Bertz CT molecular complexity index is 621. The first-order valence-corrected chi connectivity index (χ1v) is 11.0. The lowest BCUT2D eigenvalue weighted by molar-refractivity contribution is -0.160. The highest BCUT2D eigenvalue weighted by atomic mass is 32.2. The number of aromatic nitrogens is 2. The number of morpholine rings is 1. The van der Waals surface area contributed by atoms with Gasteiger partial charge in [0.15, 0.2) is 0 Å². The molecule has 3 aliphatic heterocycles. The quantitative estimate of drug-likeness (QED) is 0.796. The number of amides is 1. The predicted molar refractivity (Wildman–Crippen MR) is 103 cm³/mol. The third-order valence-corrected chi connectivity index (χ3v) is 7.26. The van der Waals surface area contributed by atoms with Crippen LogP contribution in [0.1, 0.15) is 31.2 Å². The molecule has 0 aliphatic carbocycles. The van der Waals surface area contributed by atoms with Crippen LogP contribution >= 0.6 is 11.8 Å². The molecule has 7 heteroatoms. The van der Waals surface area contributed by atoms with Crippen LogP contribution in [0.3, 0.4) is 0 Å². The van der Waals surface area contributed by atoms with Gasteiger partial charge in [0, 0.05) is 57.6 Å². The first-order chi connectivity index (χ1) is 12.6. The molecule has 4 heterocycles. The van der Waals surface area contributed by atoms with Crippen LogP contribution in [0.15, 0.2) is 12.4 Å². The Balaban J connectivity index is 1.29. The fourth-order valence-electron chi connectivity index (χ4n) is 4.48. The molecule has 0 N–H and O–H groups in total. The number of hydrogen-bond acceptors (Lipinski definition) is 5. The lowest BCUT2D eigenvalue weighted by atomic mass is 9.88. The van der Waals surface area contributed by atoms with Gasteiger partial charge in [0.25, 0.3) is 0 Å². The number of likely N-dealkylation sites (tertiary alicyclic amines) is 1. The Morgan fingerprint density at radius 2 is 2.23 bits per heavy atom. The van der Waals surface area contributed by atoms with Crippen LogP contribution in [0.2, 0.25) is 0 Å². The highest BCUT2D eigenvalue weighted by Crippen LogP contribution is 2.33. The van der Waals surface area contributed by atoms with E-state index in [1.54, 1.807) is 4.68 Å². The lowest BCUT2D eigenvalue weighted by Crippen LogP contribution is -2.59. The SMILES string of the molecule is Cn1cc(CCC(=O)N2CCOC3(CCN(C4CCSC4)CC3)C2)cn1. The summed E-state index contributed by atoms with van der Waals surface area (Å²) in [5.74, 6) is 2.85. The van der Waals surface area contributed by atoms with E-state index in [1.807, 2.05) is 24.3 Å². The van der Waals surface area contributed by atoms with E-state index in [0.29, 0.717) is 13.0 Å². The molecule has 3 saturated heterocycles. The van der Waals surface area contributed by atoms with Crippen molar-refractivity contribution in [2.24, 2.45) is 7.05 Å². The van der Waals surface area contributed by atoms with Crippen LogP contribution < -0.4 is 0 Å². The summed E-state index contributed by atoms with van der Waals surface area (Å²) in [4.78, 5) is 17.4. The number of rotatable bonds is 4. The van der Waals surface area contributed by atoms with Crippen LogP contribution in [0.5, 0.6) is 0 Å². The number of ether oxygens (including phenoxy) is 1. The van der Waals surface area contributed by atoms with Gasteiger partial charge in [-0.15, -0.1) is 0 Å². The van der Waals surface area contributed by atoms with Crippen molar-refractivity contribution in [3.63, 3.8) is 0 Å². The van der Waals surface area contributed by atoms with Gasteiger partial charge in [0.1, 0.15) is 0 Å². The molecule has 1 aromatic rings. The van der Waals surface area contributed by atoms with Gasteiger partial charge in [0.2, 0.25) is 5.91 Å². The van der Waals surface area contributed by atoms with Crippen molar-refractivity contribution in [1.29, 1.82) is 0 Å². The third-order valence-electron chi connectivity index (χ3n) is 6.12. The van der Waals surface area contributed by atoms with Crippen molar-refractivity contribution in [2.75, 3.05) is 44.3 Å². The number of aryl methyl sites for hydroxylation is 2. The van der Waals surface area contributed by atoms with Gasteiger partial charge in [0.05, 0.1) is 18.4 Å². The Kier molecular flexibility index (Phi) is 5.57. The Morgan fingerprint density at radius 1 is 1.38 bits per heavy atom. The van der Waals surface area contributed by atoms with E-state index >= 15 is 0 Å². The van der Waals surface area contributed by atoms with Gasteiger partial charge in [-0.25, -0.2) is 0 Å². The normalized spacial score (nSPS) is 26.5. The fourth-order valence-corrected chi connectivity index (χ4v) is 5.73. The van der Waals surface area contributed by atoms with Crippen molar-refractivity contribution in [3.05, 3.63) is 18.0 Å². The summed E-state index contributed by atoms with van der Waals surface area (Å²) in [6.45, 7) is 4.41. The summed E-state index contributed by atoms with van der Waals surface area (Å²) < 4.78 is 8.02. The molecule has 0 bridgehead atoms. The molecule has 3 fully saturated rings. The topological polar surface area (TPSA) is 50.6 Å². The van der Waals surface area contributed by atoms with E-state index in [4.69, 9.17) is 4.74 Å². The summed E-state index contributed by atoms with van der Waals surface area (Å²) >= 11 is 2.08. The molecule has 0 aromatic carbocycles. The molecule has 3 aliphatic rings. The number of piperidine rings is 1. The van der Waals surface area contributed by atoms with Gasteiger partial charge >= 0.3 is 0 Å². The lowest BCUT2D eigenvalue weighted by Gasteiger charge is -2.48. The maximum Gasteiger partial charge on any atom is 0.223 e. The molecule has 1 aromatic heterocycles. The number of carbonyl (C=O) groups is 1. The minimum atomic E-state index is -0.107. The van der Waals surface area contributed by atoms with Crippen LogP contribution in [0, 0.1) is 0 Å². The molecule has 0 saturated carbocycles. The van der Waals surface area contributed by atoms with Crippen molar-refractivity contribution in [1.82, 2.24) is 19.6 Å². The van der Waals surface area contributed by atoms with E-state index in [0.717, 1.165) is 57.0 Å². The van der Waals surface area contributed by atoms with E-state index in [1.165, 1.54) is 17.9 Å². The summed E-state index contributed by atoms with van der Waals surface area (Å²) in [6, 6.07) is 0.762. The Morgan fingerprint density at radius 3 is 2.92 bits per heavy atom. The van der Waals surface area contributed by atoms with E-state index in [-0.39, 0.29) is 11.5 Å². The molecular formula is C19H30N4O2S. The second-order valence-corrected chi connectivity index (χ2v) is 9.07. The zero-order valence-electron chi connectivity index (χ0n) is 15.7. The van der Waals surface area contributed by atoms with Crippen molar-refractivity contribution < 1.29 is 9.53 Å². The summed E-state index contributed by atoms with van der Waals surface area (Å²) in [6.07, 6.45) is 8.62. The number of nitrogens with zero attached hydrogens (tertiary/aromatic N) is 4. The Labute approximate surface area is 160 Å². The van der Waals surface area contributed by atoms with Crippen molar-refractivity contribution in [2.45, 2.75) is 43.7 Å². The second kappa shape index (κ2) is 7.90. The molecule has 4 rings (SSSR count). The number of hydrogen-bond donors (Lipinski definition) is 0. The summed E-state index contributed by atoms with van der Waals surface area (Å²) in [5.41, 5.74) is 1.02. The van der Waals surface area contributed by atoms with Crippen molar-refractivity contribution >= 4 is 17.7 Å². The average Bonchev–Trinajstić information content (AvgIpc) is 3.32. The maximum absolute atomic E-state index is 12.7. The maximum atomic E-state index is 12.7. The number of thioether (sulfide) groups is 1. The minimum Gasteiger partial charge on any atom is -0.371 e. The van der Waals surface area contributed by atoms with Crippen LogP contribution in [0.4, 0.5) is 0 Å². The molecule has 1 amide bonds. The summed E-state index contributed by atoms with van der Waals surface area (Å²) in [7, 11) is 1.91. The van der Waals surface area contributed by atoms with Gasteiger partial charge in [-0.1, -0.05) is 0 Å². The van der Waals surface area contributed by atoms with Crippen LogP contribution in [-0.4, -0.2) is 81.4 Å². The van der Waals surface area contributed by atoms with Gasteiger partial charge in [-0.3, -0.25) is 14.4 Å². The minimum absolute atomic E-state index is 0.107.